The van der Waals surface area contributed by atoms with Crippen LogP contribution in [-0.4, -0.2) is 32.3 Å². The molecule has 2 aromatic rings. The molecule has 6 heteroatoms. The fourth-order valence-corrected chi connectivity index (χ4v) is 2.11. The van der Waals surface area contributed by atoms with E-state index in [4.69, 9.17) is 18.9 Å². The molecular formula is C22H22O6. The maximum atomic E-state index is 11.9. The highest BCUT2D eigenvalue weighted by Crippen LogP contribution is 2.18. The third kappa shape index (κ3) is 7.37. The molecule has 2 rings (SSSR count). The zero-order chi connectivity index (χ0) is 20.2. The van der Waals surface area contributed by atoms with E-state index < -0.39 is 11.9 Å². The van der Waals surface area contributed by atoms with Gasteiger partial charge in [0.15, 0.2) is 0 Å². The summed E-state index contributed by atoms with van der Waals surface area (Å²) >= 11 is 0. The van der Waals surface area contributed by atoms with E-state index in [1.807, 2.05) is 24.3 Å². The zero-order valence-corrected chi connectivity index (χ0v) is 15.6. The third-order valence-electron chi connectivity index (χ3n) is 3.54. The topological polar surface area (TPSA) is 71.1 Å². The van der Waals surface area contributed by atoms with Crippen LogP contribution in [0.5, 0.6) is 17.2 Å². The summed E-state index contributed by atoms with van der Waals surface area (Å²) in [6, 6.07) is 14.0. The normalized spacial score (nSPS) is 10.3. The van der Waals surface area contributed by atoms with Crippen molar-refractivity contribution in [3.05, 3.63) is 72.8 Å². The first-order valence-electron chi connectivity index (χ1n) is 8.66. The largest absolute Gasteiger partial charge is 0.497 e. The van der Waals surface area contributed by atoms with E-state index in [1.54, 1.807) is 37.5 Å². The quantitative estimate of drug-likeness (QED) is 0.269. The van der Waals surface area contributed by atoms with Crippen LogP contribution in [0.1, 0.15) is 12.0 Å². The number of carbonyl (C=O) groups is 2. The summed E-state index contributed by atoms with van der Waals surface area (Å²) in [6.07, 6.45) is 4.70. The molecule has 2 aromatic carbocycles. The minimum absolute atomic E-state index is 0.265. The first kappa shape index (κ1) is 20.8. The lowest BCUT2D eigenvalue weighted by atomic mass is 10.2. The Labute approximate surface area is 164 Å². The van der Waals surface area contributed by atoms with Gasteiger partial charge in [-0.2, -0.15) is 0 Å². The highest BCUT2D eigenvalue weighted by atomic mass is 16.5. The Hall–Kier alpha value is -3.54. The molecule has 0 fully saturated rings. The number of ether oxygens (including phenoxy) is 4. The molecule has 0 atom stereocenters. The smallest absolute Gasteiger partial charge is 0.336 e. The molecular weight excluding hydrogens is 360 g/mol. The summed E-state index contributed by atoms with van der Waals surface area (Å²) in [7, 11) is 1.60. The Morgan fingerprint density at radius 2 is 1.54 bits per heavy atom. The molecule has 0 saturated carbocycles. The van der Waals surface area contributed by atoms with Crippen molar-refractivity contribution in [2.75, 3.05) is 20.3 Å². The lowest BCUT2D eigenvalue weighted by Gasteiger charge is -2.07. The zero-order valence-electron chi connectivity index (χ0n) is 15.6. The van der Waals surface area contributed by atoms with E-state index in [0.717, 1.165) is 17.4 Å². The van der Waals surface area contributed by atoms with E-state index in [-0.39, 0.29) is 6.61 Å². The predicted molar refractivity (Wildman–Crippen MR) is 105 cm³/mol. The minimum Gasteiger partial charge on any atom is -0.497 e. The molecule has 0 spiro atoms. The highest BCUT2D eigenvalue weighted by Gasteiger charge is 2.02. The average molecular weight is 382 g/mol. The van der Waals surface area contributed by atoms with Gasteiger partial charge in [0.05, 0.1) is 20.3 Å². The molecule has 146 valence electrons. The fourth-order valence-electron chi connectivity index (χ4n) is 2.11. The molecule has 0 aromatic heterocycles. The van der Waals surface area contributed by atoms with Crippen molar-refractivity contribution >= 4 is 18.0 Å². The van der Waals surface area contributed by atoms with Crippen molar-refractivity contribution in [3.8, 4) is 17.2 Å². The van der Waals surface area contributed by atoms with Crippen molar-refractivity contribution in [1.29, 1.82) is 0 Å². The second kappa shape index (κ2) is 11.2. The van der Waals surface area contributed by atoms with Gasteiger partial charge in [-0.25, -0.2) is 9.59 Å². The first-order chi connectivity index (χ1) is 13.6. The number of carbonyl (C=O) groups excluding carboxylic acids is 2. The predicted octanol–water partition coefficient (Wildman–Crippen LogP) is 3.81. The molecule has 0 heterocycles. The molecule has 0 unspecified atom stereocenters. The standard InChI is InChI=1S/C22H22O6/c1-3-21(23)27-16-4-15-26-19-10-12-20(13-11-19)28-22(24)14-7-17-5-8-18(25-2)9-6-17/h3,5-14H,1,4,15-16H2,2H3. The van der Waals surface area contributed by atoms with E-state index >= 15 is 0 Å². The molecule has 0 aliphatic heterocycles. The molecule has 0 amide bonds. The second-order valence-electron chi connectivity index (χ2n) is 5.57. The van der Waals surface area contributed by atoms with Crippen molar-refractivity contribution in [3.63, 3.8) is 0 Å². The van der Waals surface area contributed by atoms with Gasteiger partial charge in [0, 0.05) is 18.6 Å². The van der Waals surface area contributed by atoms with Crippen molar-refractivity contribution < 1.29 is 28.5 Å². The number of hydrogen-bond donors (Lipinski definition) is 0. The van der Waals surface area contributed by atoms with Crippen molar-refractivity contribution in [2.24, 2.45) is 0 Å². The summed E-state index contributed by atoms with van der Waals surface area (Å²) in [5, 5.41) is 0. The Balaban J connectivity index is 1.74. The van der Waals surface area contributed by atoms with E-state index in [2.05, 4.69) is 6.58 Å². The Morgan fingerprint density at radius 1 is 0.893 bits per heavy atom. The second-order valence-corrected chi connectivity index (χ2v) is 5.57. The molecule has 0 saturated heterocycles. The summed E-state index contributed by atoms with van der Waals surface area (Å²) in [6.45, 7) is 3.98. The molecule has 6 nitrogen and oxygen atoms in total. The molecule has 0 radical (unpaired) electrons. The van der Waals surface area contributed by atoms with Crippen LogP contribution in [-0.2, 0) is 14.3 Å². The van der Waals surface area contributed by atoms with Crippen LogP contribution in [0.25, 0.3) is 6.08 Å². The van der Waals surface area contributed by atoms with E-state index in [9.17, 15) is 9.59 Å². The van der Waals surface area contributed by atoms with Crippen molar-refractivity contribution in [1.82, 2.24) is 0 Å². The number of methoxy groups -OCH3 is 1. The van der Waals surface area contributed by atoms with Gasteiger partial charge in [-0.1, -0.05) is 18.7 Å². The first-order valence-corrected chi connectivity index (χ1v) is 8.66. The van der Waals surface area contributed by atoms with Gasteiger partial charge in [-0.15, -0.1) is 0 Å². The monoisotopic (exact) mass is 382 g/mol. The van der Waals surface area contributed by atoms with Gasteiger partial charge >= 0.3 is 11.9 Å². The number of benzene rings is 2. The maximum Gasteiger partial charge on any atom is 0.336 e. The van der Waals surface area contributed by atoms with Gasteiger partial charge in [0.2, 0.25) is 0 Å². The number of rotatable bonds is 10. The van der Waals surface area contributed by atoms with Crippen LogP contribution in [0, 0.1) is 0 Å². The van der Waals surface area contributed by atoms with Crippen LogP contribution in [0.15, 0.2) is 67.3 Å². The van der Waals surface area contributed by atoms with E-state index in [0.29, 0.717) is 24.5 Å². The molecule has 0 N–H and O–H groups in total. The van der Waals surface area contributed by atoms with Crippen molar-refractivity contribution in [2.45, 2.75) is 6.42 Å². The molecule has 0 aliphatic carbocycles. The summed E-state index contributed by atoms with van der Waals surface area (Å²) in [4.78, 5) is 22.8. The molecule has 0 aliphatic rings. The van der Waals surface area contributed by atoms with E-state index in [1.165, 1.54) is 6.08 Å². The summed E-state index contributed by atoms with van der Waals surface area (Å²) in [5.41, 5.74) is 0.861. The highest BCUT2D eigenvalue weighted by molar-refractivity contribution is 5.88. The minimum atomic E-state index is -0.478. The lowest BCUT2D eigenvalue weighted by molar-refractivity contribution is -0.138. The van der Waals surface area contributed by atoms with Gasteiger partial charge in [0.1, 0.15) is 17.2 Å². The van der Waals surface area contributed by atoms with Crippen LogP contribution in [0.4, 0.5) is 0 Å². The Kier molecular flexibility index (Phi) is 8.33. The summed E-state index contributed by atoms with van der Waals surface area (Å²) < 4.78 is 20.7. The van der Waals surface area contributed by atoms with Gasteiger partial charge in [0.25, 0.3) is 0 Å². The Bertz CT molecular complexity index is 806. The van der Waals surface area contributed by atoms with Gasteiger partial charge in [-0.3, -0.25) is 0 Å². The van der Waals surface area contributed by atoms with Crippen LogP contribution in [0.3, 0.4) is 0 Å². The van der Waals surface area contributed by atoms with Crippen LogP contribution >= 0.6 is 0 Å². The maximum absolute atomic E-state index is 11.9. The molecule has 0 bridgehead atoms. The lowest BCUT2D eigenvalue weighted by Crippen LogP contribution is -2.06. The molecule has 28 heavy (non-hydrogen) atoms. The van der Waals surface area contributed by atoms with Crippen LogP contribution in [0.2, 0.25) is 0 Å². The number of esters is 2. The van der Waals surface area contributed by atoms with Gasteiger partial charge < -0.3 is 18.9 Å². The fraction of sp³-hybridized carbons (Fsp3) is 0.182. The third-order valence-corrected chi connectivity index (χ3v) is 3.54. The Morgan fingerprint density at radius 3 is 2.18 bits per heavy atom. The van der Waals surface area contributed by atoms with Gasteiger partial charge in [-0.05, 0) is 48.0 Å². The summed E-state index contributed by atoms with van der Waals surface area (Å²) in [5.74, 6) is 0.862. The SMILES string of the molecule is C=CC(=O)OCCCOc1ccc(OC(=O)C=Cc2ccc(OC)cc2)cc1. The number of hydrogen-bond acceptors (Lipinski definition) is 6. The average Bonchev–Trinajstić information content (AvgIpc) is 2.73. The van der Waals surface area contributed by atoms with Crippen LogP contribution < -0.4 is 14.2 Å².